The van der Waals surface area contributed by atoms with E-state index in [1.54, 1.807) is 0 Å². The summed E-state index contributed by atoms with van der Waals surface area (Å²) in [6, 6.07) is 8.28. The Balaban J connectivity index is 1.29. The average Bonchev–Trinajstić information content (AvgIpc) is 3.32. The highest BCUT2D eigenvalue weighted by atomic mass is 16.2. The molecule has 1 fully saturated rings. The summed E-state index contributed by atoms with van der Waals surface area (Å²) in [4.78, 5) is 18.9. The van der Waals surface area contributed by atoms with Gasteiger partial charge in [0.05, 0.1) is 17.4 Å². The predicted octanol–water partition coefficient (Wildman–Crippen LogP) is 2.35. The van der Waals surface area contributed by atoms with E-state index in [4.69, 9.17) is 0 Å². The fourth-order valence-electron chi connectivity index (χ4n) is 3.66. The van der Waals surface area contributed by atoms with Crippen molar-refractivity contribution in [3.8, 4) is 0 Å². The number of hydrogen-bond donors (Lipinski definition) is 1. The Morgan fingerprint density at radius 1 is 1.35 bits per heavy atom. The molecule has 7 nitrogen and oxygen atoms in total. The Bertz CT molecular complexity index is 894. The summed E-state index contributed by atoms with van der Waals surface area (Å²) >= 11 is 0. The standard InChI is InChI=1S/C19H24N6O/c1-14-11-15(2)25(22-14)17-7-10-24(13-17)19(26)20-8-6-16-12-23-9-4-3-5-18(23)21-16/h3-5,9,11-12,17H,6-8,10,13H2,1-2H3,(H,20,26)/t17-/m1/s1. The molecule has 1 saturated heterocycles. The van der Waals surface area contributed by atoms with Gasteiger partial charge < -0.3 is 14.6 Å². The highest BCUT2D eigenvalue weighted by molar-refractivity contribution is 5.74. The quantitative estimate of drug-likeness (QED) is 0.784. The van der Waals surface area contributed by atoms with E-state index in [0.29, 0.717) is 13.1 Å². The molecule has 0 bridgehead atoms. The van der Waals surface area contributed by atoms with Gasteiger partial charge in [-0.25, -0.2) is 9.78 Å². The van der Waals surface area contributed by atoms with Crippen molar-refractivity contribution in [3.63, 3.8) is 0 Å². The maximum atomic E-state index is 12.4. The molecule has 136 valence electrons. The number of imidazole rings is 1. The topological polar surface area (TPSA) is 67.5 Å². The van der Waals surface area contributed by atoms with Crippen molar-refractivity contribution in [2.24, 2.45) is 0 Å². The van der Waals surface area contributed by atoms with Gasteiger partial charge >= 0.3 is 6.03 Å². The number of nitrogens with one attached hydrogen (secondary N) is 1. The number of urea groups is 1. The molecule has 0 aromatic carbocycles. The lowest BCUT2D eigenvalue weighted by molar-refractivity contribution is 0.207. The molecule has 26 heavy (non-hydrogen) atoms. The van der Waals surface area contributed by atoms with Crippen molar-refractivity contribution >= 4 is 11.7 Å². The van der Waals surface area contributed by atoms with E-state index in [1.807, 2.05) is 46.8 Å². The molecule has 1 aliphatic rings. The van der Waals surface area contributed by atoms with Crippen LogP contribution in [0.4, 0.5) is 4.79 Å². The summed E-state index contributed by atoms with van der Waals surface area (Å²) in [7, 11) is 0. The van der Waals surface area contributed by atoms with Gasteiger partial charge in [-0.2, -0.15) is 5.10 Å². The van der Waals surface area contributed by atoms with Gasteiger partial charge in [-0.3, -0.25) is 4.68 Å². The van der Waals surface area contributed by atoms with E-state index in [-0.39, 0.29) is 12.1 Å². The fourth-order valence-corrected chi connectivity index (χ4v) is 3.66. The molecule has 4 rings (SSSR count). The van der Waals surface area contributed by atoms with Crippen LogP contribution in [-0.2, 0) is 6.42 Å². The number of hydrogen-bond acceptors (Lipinski definition) is 3. The first-order valence-corrected chi connectivity index (χ1v) is 9.08. The molecular formula is C19H24N6O. The van der Waals surface area contributed by atoms with Crippen molar-refractivity contribution in [3.05, 3.63) is 53.7 Å². The van der Waals surface area contributed by atoms with E-state index in [1.165, 1.54) is 0 Å². The van der Waals surface area contributed by atoms with Gasteiger partial charge in [-0.05, 0) is 38.5 Å². The van der Waals surface area contributed by atoms with Crippen molar-refractivity contribution in [2.75, 3.05) is 19.6 Å². The lowest BCUT2D eigenvalue weighted by atomic mass is 10.2. The molecule has 0 spiro atoms. The first-order chi connectivity index (χ1) is 12.6. The van der Waals surface area contributed by atoms with Gasteiger partial charge in [0.25, 0.3) is 0 Å². The molecule has 1 N–H and O–H groups in total. The third-order valence-electron chi connectivity index (χ3n) is 4.91. The lowest BCUT2D eigenvalue weighted by Crippen LogP contribution is -2.39. The smallest absolute Gasteiger partial charge is 0.317 e. The summed E-state index contributed by atoms with van der Waals surface area (Å²) < 4.78 is 4.05. The SMILES string of the molecule is Cc1cc(C)n([C@@H]2CCN(C(=O)NCCc3cn4ccccc4n3)C2)n1. The summed E-state index contributed by atoms with van der Waals surface area (Å²) in [5.74, 6) is 0. The van der Waals surface area contributed by atoms with Gasteiger partial charge in [0.2, 0.25) is 0 Å². The lowest BCUT2D eigenvalue weighted by Gasteiger charge is -2.18. The minimum absolute atomic E-state index is 0.00204. The summed E-state index contributed by atoms with van der Waals surface area (Å²) in [5.41, 5.74) is 4.10. The fraction of sp³-hybridized carbons (Fsp3) is 0.421. The van der Waals surface area contributed by atoms with Crippen molar-refractivity contribution in [2.45, 2.75) is 32.7 Å². The van der Waals surface area contributed by atoms with Gasteiger partial charge in [0.1, 0.15) is 5.65 Å². The van der Waals surface area contributed by atoms with Crippen LogP contribution >= 0.6 is 0 Å². The Labute approximate surface area is 152 Å². The second kappa shape index (κ2) is 6.82. The number of rotatable bonds is 4. The minimum Gasteiger partial charge on any atom is -0.338 e. The highest BCUT2D eigenvalue weighted by Crippen LogP contribution is 2.22. The molecule has 1 aliphatic heterocycles. The molecule has 0 saturated carbocycles. The molecule has 1 atom stereocenters. The van der Waals surface area contributed by atoms with Gasteiger partial charge in [0, 0.05) is 44.1 Å². The number of nitrogens with zero attached hydrogens (tertiary/aromatic N) is 5. The summed E-state index contributed by atoms with van der Waals surface area (Å²) in [6.07, 6.45) is 5.66. The van der Waals surface area contributed by atoms with E-state index >= 15 is 0 Å². The Morgan fingerprint density at radius 3 is 3.00 bits per heavy atom. The monoisotopic (exact) mass is 352 g/mol. The summed E-state index contributed by atoms with van der Waals surface area (Å²) in [6.45, 7) is 6.13. The zero-order valence-electron chi connectivity index (χ0n) is 15.2. The maximum Gasteiger partial charge on any atom is 0.317 e. The Hall–Kier alpha value is -2.83. The molecule has 0 aliphatic carbocycles. The minimum atomic E-state index is -0.00204. The van der Waals surface area contributed by atoms with Crippen molar-refractivity contribution < 1.29 is 4.79 Å². The molecule has 2 amide bonds. The third kappa shape index (κ3) is 3.29. The third-order valence-corrected chi connectivity index (χ3v) is 4.91. The van der Waals surface area contributed by atoms with Crippen LogP contribution in [0.1, 0.15) is 29.5 Å². The molecule has 3 aromatic rings. The van der Waals surface area contributed by atoms with Crippen LogP contribution in [-0.4, -0.2) is 49.7 Å². The predicted molar refractivity (Wildman–Crippen MR) is 99.2 cm³/mol. The number of carbonyl (C=O) groups excluding carboxylic acids is 1. The van der Waals surface area contributed by atoms with E-state index in [9.17, 15) is 4.79 Å². The Kier molecular flexibility index (Phi) is 4.36. The van der Waals surface area contributed by atoms with E-state index < -0.39 is 0 Å². The number of fused-ring (bicyclic) bond motifs is 1. The normalized spacial score (nSPS) is 17.2. The number of aryl methyl sites for hydroxylation is 2. The van der Waals surface area contributed by atoms with Crippen LogP contribution in [0.5, 0.6) is 0 Å². The number of carbonyl (C=O) groups is 1. The van der Waals surface area contributed by atoms with Crippen LogP contribution in [0.15, 0.2) is 36.7 Å². The number of amides is 2. The molecule has 0 unspecified atom stereocenters. The maximum absolute atomic E-state index is 12.4. The molecular weight excluding hydrogens is 328 g/mol. The molecule has 4 heterocycles. The number of pyridine rings is 1. The second-order valence-corrected chi connectivity index (χ2v) is 6.94. The van der Waals surface area contributed by atoms with Crippen molar-refractivity contribution in [1.29, 1.82) is 0 Å². The van der Waals surface area contributed by atoms with E-state index in [2.05, 4.69) is 33.1 Å². The summed E-state index contributed by atoms with van der Waals surface area (Å²) in [5, 5.41) is 7.57. The number of likely N-dealkylation sites (tertiary alicyclic amines) is 1. The van der Waals surface area contributed by atoms with Crippen LogP contribution in [0.3, 0.4) is 0 Å². The van der Waals surface area contributed by atoms with Gasteiger partial charge in [-0.1, -0.05) is 6.07 Å². The van der Waals surface area contributed by atoms with Crippen LogP contribution in [0.2, 0.25) is 0 Å². The average molecular weight is 352 g/mol. The largest absolute Gasteiger partial charge is 0.338 e. The molecule has 7 heteroatoms. The van der Waals surface area contributed by atoms with Crippen LogP contribution < -0.4 is 5.32 Å². The highest BCUT2D eigenvalue weighted by Gasteiger charge is 2.28. The zero-order chi connectivity index (χ0) is 18.1. The number of aromatic nitrogens is 4. The molecule has 3 aromatic heterocycles. The van der Waals surface area contributed by atoms with Crippen molar-refractivity contribution in [1.82, 2.24) is 29.4 Å². The van der Waals surface area contributed by atoms with E-state index in [0.717, 1.165) is 42.1 Å². The van der Waals surface area contributed by atoms with Gasteiger partial charge in [-0.15, -0.1) is 0 Å². The van der Waals surface area contributed by atoms with Crippen LogP contribution in [0.25, 0.3) is 5.65 Å². The van der Waals surface area contributed by atoms with Gasteiger partial charge in [0.15, 0.2) is 0 Å². The molecule has 0 radical (unpaired) electrons. The van der Waals surface area contributed by atoms with Crippen LogP contribution in [0, 0.1) is 13.8 Å². The first-order valence-electron chi connectivity index (χ1n) is 9.08. The Morgan fingerprint density at radius 2 is 2.23 bits per heavy atom. The zero-order valence-corrected chi connectivity index (χ0v) is 15.2. The first kappa shape index (κ1) is 16.6. The second-order valence-electron chi connectivity index (χ2n) is 6.94.